The van der Waals surface area contributed by atoms with Gasteiger partial charge in [0.05, 0.1) is 28.4 Å². The van der Waals surface area contributed by atoms with Crippen LogP contribution in [0.25, 0.3) is 0 Å². The monoisotopic (exact) mass is 473 g/mol. The van der Waals surface area contributed by atoms with Crippen molar-refractivity contribution in [1.29, 1.82) is 0 Å². The molecule has 1 N–H and O–H groups in total. The molecule has 1 fully saturated rings. The van der Waals surface area contributed by atoms with Gasteiger partial charge in [0.2, 0.25) is 5.91 Å². The Morgan fingerprint density at radius 3 is 2.38 bits per heavy atom. The second-order valence-electron chi connectivity index (χ2n) is 9.03. The molecule has 1 aromatic heterocycles. The summed E-state index contributed by atoms with van der Waals surface area (Å²) < 4.78 is 0. The number of nitrogens with zero attached hydrogens (tertiary/aromatic N) is 2. The van der Waals surface area contributed by atoms with Crippen molar-refractivity contribution < 1.29 is 14.4 Å². The van der Waals surface area contributed by atoms with Crippen LogP contribution in [0.4, 0.5) is 0 Å². The average Bonchev–Trinajstić information content (AvgIpc) is 3.41. The summed E-state index contributed by atoms with van der Waals surface area (Å²) in [5.74, 6) is -0.753. The highest BCUT2D eigenvalue weighted by atomic mass is 32.1. The number of carbonyl (C=O) groups excluding carboxylic acids is 3. The highest BCUT2D eigenvalue weighted by molar-refractivity contribution is 7.09. The molecule has 2 unspecified atom stereocenters. The number of rotatable bonds is 7. The van der Waals surface area contributed by atoms with Gasteiger partial charge in [-0.15, -0.1) is 11.3 Å². The minimum Gasteiger partial charge on any atom is -0.350 e. The number of thiazole rings is 1. The van der Waals surface area contributed by atoms with Gasteiger partial charge in [0.1, 0.15) is 0 Å². The summed E-state index contributed by atoms with van der Waals surface area (Å²) >= 11 is 1.60. The minimum absolute atomic E-state index is 0.0149. The molecule has 0 spiro atoms. The van der Waals surface area contributed by atoms with Gasteiger partial charge in [0.25, 0.3) is 11.8 Å². The maximum absolute atomic E-state index is 13.1. The molecule has 174 valence electrons. The lowest BCUT2D eigenvalue weighted by Gasteiger charge is -2.32. The molecule has 5 rings (SSSR count). The molecule has 0 bridgehead atoms. The first kappa shape index (κ1) is 22.5. The predicted octanol–water partition coefficient (Wildman–Crippen LogP) is 4.45. The summed E-state index contributed by atoms with van der Waals surface area (Å²) in [4.78, 5) is 44.7. The summed E-state index contributed by atoms with van der Waals surface area (Å²) in [6.45, 7) is 0.683. The number of aromatic nitrogens is 1. The Hall–Kier alpha value is -3.32. The zero-order valence-corrected chi connectivity index (χ0v) is 19.7. The highest BCUT2D eigenvalue weighted by Gasteiger charge is 2.39. The van der Waals surface area contributed by atoms with Crippen LogP contribution in [0.2, 0.25) is 0 Å². The third-order valence-electron chi connectivity index (χ3n) is 6.78. The third-order valence-corrected chi connectivity index (χ3v) is 7.68. The van der Waals surface area contributed by atoms with Crippen molar-refractivity contribution in [2.45, 2.75) is 38.6 Å². The molecule has 3 amide bonds. The summed E-state index contributed by atoms with van der Waals surface area (Å²) in [5, 5.41) is 6.08. The van der Waals surface area contributed by atoms with E-state index in [0.29, 0.717) is 24.2 Å². The third kappa shape index (κ3) is 4.66. The fourth-order valence-electron chi connectivity index (χ4n) is 5.00. The van der Waals surface area contributed by atoms with Gasteiger partial charge in [-0.3, -0.25) is 19.3 Å². The molecule has 0 saturated heterocycles. The van der Waals surface area contributed by atoms with Crippen LogP contribution in [0, 0.1) is 11.8 Å². The van der Waals surface area contributed by atoms with Crippen molar-refractivity contribution in [1.82, 2.24) is 15.2 Å². The molecule has 0 radical (unpaired) electrons. The number of hydrogen-bond acceptors (Lipinski definition) is 5. The van der Waals surface area contributed by atoms with Crippen molar-refractivity contribution in [3.63, 3.8) is 0 Å². The number of amides is 3. The SMILES string of the molecule is O=C(NCc1csc(Cc2ccccc2)n1)C1CCCCC1CN1C(=O)c2ccccc2C1=O. The van der Waals surface area contributed by atoms with Gasteiger partial charge in [-0.05, 0) is 36.5 Å². The van der Waals surface area contributed by atoms with E-state index in [4.69, 9.17) is 0 Å². The van der Waals surface area contributed by atoms with E-state index in [1.54, 1.807) is 35.6 Å². The fraction of sp³-hybridized carbons (Fsp3) is 0.333. The van der Waals surface area contributed by atoms with E-state index in [1.807, 2.05) is 23.6 Å². The first-order valence-corrected chi connectivity index (χ1v) is 12.7. The molecule has 2 atom stereocenters. The van der Waals surface area contributed by atoms with E-state index in [0.717, 1.165) is 42.8 Å². The van der Waals surface area contributed by atoms with Crippen molar-refractivity contribution >= 4 is 29.1 Å². The van der Waals surface area contributed by atoms with Crippen LogP contribution in [-0.4, -0.2) is 34.2 Å². The molecule has 1 aliphatic carbocycles. The second kappa shape index (κ2) is 9.89. The zero-order valence-electron chi connectivity index (χ0n) is 18.9. The Morgan fingerprint density at radius 1 is 0.971 bits per heavy atom. The van der Waals surface area contributed by atoms with Crippen molar-refractivity contribution in [2.24, 2.45) is 11.8 Å². The van der Waals surface area contributed by atoms with Gasteiger partial charge in [-0.1, -0.05) is 55.3 Å². The summed E-state index contributed by atoms with van der Waals surface area (Å²) in [6.07, 6.45) is 4.38. The van der Waals surface area contributed by atoms with E-state index < -0.39 is 0 Å². The number of benzene rings is 2. The van der Waals surface area contributed by atoms with Crippen LogP contribution in [-0.2, 0) is 17.8 Å². The first-order chi connectivity index (χ1) is 16.6. The Labute approximate surface area is 203 Å². The van der Waals surface area contributed by atoms with Gasteiger partial charge in [0.15, 0.2) is 0 Å². The summed E-state index contributed by atoms with van der Waals surface area (Å²) in [6, 6.07) is 17.1. The number of carbonyl (C=O) groups is 3. The number of imide groups is 1. The first-order valence-electron chi connectivity index (χ1n) is 11.8. The van der Waals surface area contributed by atoms with E-state index in [2.05, 4.69) is 22.4 Å². The molecule has 34 heavy (non-hydrogen) atoms. The Bertz CT molecular complexity index is 1170. The summed E-state index contributed by atoms with van der Waals surface area (Å²) in [5.41, 5.74) is 2.99. The minimum atomic E-state index is -0.251. The number of fused-ring (bicyclic) bond motifs is 1. The molecule has 1 saturated carbocycles. The standard InChI is InChI=1S/C27H27N3O3S/c31-25(28-15-20-17-34-24(29-20)14-18-8-2-1-3-9-18)21-11-5-4-10-19(21)16-30-26(32)22-12-6-7-13-23(22)27(30)33/h1-3,6-9,12-13,17,19,21H,4-5,10-11,14-16H2,(H,28,31). The van der Waals surface area contributed by atoms with E-state index in [-0.39, 0.29) is 29.6 Å². The molecular formula is C27H27N3O3S. The van der Waals surface area contributed by atoms with Crippen LogP contribution < -0.4 is 5.32 Å². The number of nitrogens with one attached hydrogen (secondary N) is 1. The van der Waals surface area contributed by atoms with Crippen LogP contribution in [0.1, 0.15) is 62.7 Å². The largest absolute Gasteiger partial charge is 0.350 e. The Kier molecular flexibility index (Phi) is 6.54. The van der Waals surface area contributed by atoms with Gasteiger partial charge in [-0.2, -0.15) is 0 Å². The second-order valence-corrected chi connectivity index (χ2v) is 9.97. The van der Waals surface area contributed by atoms with Crippen LogP contribution in [0.15, 0.2) is 60.0 Å². The average molecular weight is 474 g/mol. The molecule has 2 aromatic carbocycles. The maximum Gasteiger partial charge on any atom is 0.261 e. The summed E-state index contributed by atoms with van der Waals surface area (Å²) in [7, 11) is 0. The van der Waals surface area contributed by atoms with Gasteiger partial charge in [-0.25, -0.2) is 4.98 Å². The lowest BCUT2D eigenvalue weighted by molar-refractivity contribution is -0.128. The molecule has 7 heteroatoms. The molecular weight excluding hydrogens is 446 g/mol. The lowest BCUT2D eigenvalue weighted by atomic mass is 9.78. The van der Waals surface area contributed by atoms with Crippen LogP contribution in [0.5, 0.6) is 0 Å². The molecule has 6 nitrogen and oxygen atoms in total. The quantitative estimate of drug-likeness (QED) is 0.514. The smallest absolute Gasteiger partial charge is 0.261 e. The highest BCUT2D eigenvalue weighted by Crippen LogP contribution is 2.33. The van der Waals surface area contributed by atoms with Gasteiger partial charge in [0, 0.05) is 24.3 Å². The molecule has 2 heterocycles. The van der Waals surface area contributed by atoms with E-state index >= 15 is 0 Å². The van der Waals surface area contributed by atoms with Crippen LogP contribution in [0.3, 0.4) is 0 Å². The molecule has 1 aliphatic heterocycles. The van der Waals surface area contributed by atoms with Gasteiger partial charge >= 0.3 is 0 Å². The molecule has 3 aromatic rings. The Balaban J connectivity index is 1.20. The van der Waals surface area contributed by atoms with Crippen molar-refractivity contribution in [2.75, 3.05) is 6.54 Å². The number of hydrogen-bond donors (Lipinski definition) is 1. The van der Waals surface area contributed by atoms with Crippen molar-refractivity contribution in [3.05, 3.63) is 87.4 Å². The molecule has 2 aliphatic rings. The topological polar surface area (TPSA) is 79.4 Å². The zero-order chi connectivity index (χ0) is 23.5. The van der Waals surface area contributed by atoms with Gasteiger partial charge < -0.3 is 5.32 Å². The predicted molar refractivity (Wildman–Crippen MR) is 130 cm³/mol. The van der Waals surface area contributed by atoms with E-state index in [9.17, 15) is 14.4 Å². The fourth-order valence-corrected chi connectivity index (χ4v) is 5.83. The van der Waals surface area contributed by atoms with E-state index in [1.165, 1.54) is 10.5 Å². The van der Waals surface area contributed by atoms with Crippen molar-refractivity contribution in [3.8, 4) is 0 Å². The Morgan fingerprint density at radius 2 is 1.65 bits per heavy atom. The normalized spacial score (nSPS) is 19.8. The van der Waals surface area contributed by atoms with Crippen LogP contribution >= 0.6 is 11.3 Å². The maximum atomic E-state index is 13.1. The lowest BCUT2D eigenvalue weighted by Crippen LogP contribution is -2.43.